The first-order valence-electron chi connectivity index (χ1n) is 12.3. The van der Waals surface area contributed by atoms with Crippen molar-refractivity contribution < 1.29 is 4.79 Å². The monoisotopic (exact) mass is 445 g/mol. The highest BCUT2D eigenvalue weighted by Gasteiger charge is 2.32. The lowest BCUT2D eigenvalue weighted by molar-refractivity contribution is -0.137. The van der Waals surface area contributed by atoms with Gasteiger partial charge in [0.1, 0.15) is 5.82 Å². The van der Waals surface area contributed by atoms with Crippen molar-refractivity contribution >= 4 is 16.8 Å². The molecular weight excluding hydrogens is 410 g/mol. The minimum Gasteiger partial charge on any atom is -0.333 e. The molecule has 1 aromatic heterocycles. The SMILES string of the molecule is CCCCN(C(=O)C1CCCC1)C(C)c1nc2ccccc2c(=O)n1-c1ccc(C)cc1C. The van der Waals surface area contributed by atoms with E-state index >= 15 is 0 Å². The van der Waals surface area contributed by atoms with Gasteiger partial charge in [0.15, 0.2) is 0 Å². The second-order valence-electron chi connectivity index (χ2n) is 9.46. The molecule has 3 aromatic rings. The molecule has 0 aliphatic heterocycles. The van der Waals surface area contributed by atoms with Crippen molar-refractivity contribution in [3.05, 3.63) is 69.8 Å². The summed E-state index contributed by atoms with van der Waals surface area (Å²) in [5, 5.41) is 0.593. The zero-order chi connectivity index (χ0) is 23.5. The van der Waals surface area contributed by atoms with Gasteiger partial charge >= 0.3 is 0 Å². The van der Waals surface area contributed by atoms with Crippen LogP contribution in [0.4, 0.5) is 0 Å². The van der Waals surface area contributed by atoms with E-state index in [2.05, 4.69) is 19.9 Å². The van der Waals surface area contributed by atoms with E-state index in [1.807, 2.05) is 55.1 Å². The smallest absolute Gasteiger partial charge is 0.266 e. The molecule has 1 fully saturated rings. The maximum atomic E-state index is 13.8. The van der Waals surface area contributed by atoms with E-state index < -0.39 is 0 Å². The second kappa shape index (κ2) is 9.90. The standard InChI is InChI=1S/C28H35N3O2/c1-5-6-17-30(27(32)22-11-7-8-12-22)21(4)26-29-24-14-10-9-13-23(24)28(33)31(26)25-16-15-19(2)18-20(25)3/h9-10,13-16,18,21-22H,5-8,11-12,17H2,1-4H3. The van der Waals surface area contributed by atoms with E-state index in [1.165, 1.54) is 0 Å². The molecular formula is C28H35N3O2. The molecule has 4 rings (SSSR count). The average molecular weight is 446 g/mol. The molecule has 1 unspecified atom stereocenters. The Bertz CT molecular complexity index is 1210. The Morgan fingerprint density at radius 1 is 1.15 bits per heavy atom. The summed E-state index contributed by atoms with van der Waals surface area (Å²) in [5.74, 6) is 0.933. The Labute approximate surface area is 196 Å². The highest BCUT2D eigenvalue weighted by atomic mass is 16.2. The molecule has 0 radical (unpaired) electrons. The number of benzene rings is 2. The van der Waals surface area contributed by atoms with Crippen LogP contribution in [-0.4, -0.2) is 26.9 Å². The summed E-state index contributed by atoms with van der Waals surface area (Å²) < 4.78 is 1.74. The van der Waals surface area contributed by atoms with Gasteiger partial charge in [-0.05, 0) is 63.8 Å². The number of aryl methyl sites for hydroxylation is 2. The third kappa shape index (κ3) is 4.59. The lowest BCUT2D eigenvalue weighted by Crippen LogP contribution is -2.40. The van der Waals surface area contributed by atoms with Crippen LogP contribution in [0.5, 0.6) is 0 Å². The molecule has 1 amide bonds. The number of hydrogen-bond acceptors (Lipinski definition) is 3. The van der Waals surface area contributed by atoms with Crippen molar-refractivity contribution in [1.82, 2.24) is 14.5 Å². The Morgan fingerprint density at radius 3 is 2.58 bits per heavy atom. The molecule has 33 heavy (non-hydrogen) atoms. The van der Waals surface area contributed by atoms with Crippen LogP contribution in [-0.2, 0) is 4.79 Å². The van der Waals surface area contributed by atoms with Crippen molar-refractivity contribution in [3.8, 4) is 5.69 Å². The van der Waals surface area contributed by atoms with Gasteiger partial charge in [-0.15, -0.1) is 0 Å². The van der Waals surface area contributed by atoms with Crippen LogP contribution in [0.1, 0.15) is 75.4 Å². The van der Waals surface area contributed by atoms with Crippen LogP contribution < -0.4 is 5.56 Å². The van der Waals surface area contributed by atoms with Crippen LogP contribution in [0.2, 0.25) is 0 Å². The Kier molecular flexibility index (Phi) is 6.96. The minimum absolute atomic E-state index is 0.0850. The molecule has 1 atom stereocenters. The number of fused-ring (bicyclic) bond motifs is 1. The van der Waals surface area contributed by atoms with Crippen LogP contribution >= 0.6 is 0 Å². The largest absolute Gasteiger partial charge is 0.333 e. The van der Waals surface area contributed by atoms with Gasteiger partial charge < -0.3 is 4.90 Å². The second-order valence-corrected chi connectivity index (χ2v) is 9.46. The normalized spacial score (nSPS) is 15.2. The molecule has 1 saturated carbocycles. The molecule has 174 valence electrons. The van der Waals surface area contributed by atoms with Crippen molar-refractivity contribution in [2.75, 3.05) is 6.54 Å². The van der Waals surface area contributed by atoms with E-state index in [1.54, 1.807) is 4.57 Å². The van der Waals surface area contributed by atoms with E-state index in [-0.39, 0.29) is 23.4 Å². The van der Waals surface area contributed by atoms with Gasteiger partial charge in [0, 0.05) is 12.5 Å². The van der Waals surface area contributed by atoms with E-state index in [0.29, 0.717) is 23.3 Å². The molecule has 1 aliphatic carbocycles. The van der Waals surface area contributed by atoms with Gasteiger partial charge in [-0.3, -0.25) is 14.2 Å². The van der Waals surface area contributed by atoms with Crippen LogP contribution in [0.15, 0.2) is 47.3 Å². The maximum Gasteiger partial charge on any atom is 0.266 e. The van der Waals surface area contributed by atoms with Gasteiger partial charge in [-0.2, -0.15) is 0 Å². The van der Waals surface area contributed by atoms with Crippen LogP contribution in [0, 0.1) is 19.8 Å². The molecule has 2 aromatic carbocycles. The van der Waals surface area contributed by atoms with Crippen LogP contribution in [0.25, 0.3) is 16.6 Å². The van der Waals surface area contributed by atoms with Crippen LogP contribution in [0.3, 0.4) is 0 Å². The number of unbranched alkanes of at least 4 members (excludes halogenated alkanes) is 1. The number of amides is 1. The number of aromatic nitrogens is 2. The van der Waals surface area contributed by atoms with Gasteiger partial charge in [0.25, 0.3) is 5.56 Å². The molecule has 0 bridgehead atoms. The zero-order valence-corrected chi connectivity index (χ0v) is 20.3. The average Bonchev–Trinajstić information content (AvgIpc) is 3.35. The number of hydrogen-bond donors (Lipinski definition) is 0. The van der Waals surface area contributed by atoms with E-state index in [9.17, 15) is 9.59 Å². The van der Waals surface area contributed by atoms with Crippen molar-refractivity contribution in [1.29, 1.82) is 0 Å². The summed E-state index contributed by atoms with van der Waals surface area (Å²) in [6.45, 7) is 8.93. The molecule has 1 heterocycles. The summed E-state index contributed by atoms with van der Waals surface area (Å²) in [6, 6.07) is 13.3. The van der Waals surface area contributed by atoms with Gasteiger partial charge in [-0.25, -0.2) is 4.98 Å². The fourth-order valence-corrected chi connectivity index (χ4v) is 5.09. The summed E-state index contributed by atoms with van der Waals surface area (Å²) in [7, 11) is 0. The number of rotatable bonds is 7. The zero-order valence-electron chi connectivity index (χ0n) is 20.3. The molecule has 0 saturated heterocycles. The molecule has 0 N–H and O–H groups in total. The number of para-hydroxylation sites is 1. The summed E-state index contributed by atoms with van der Waals surface area (Å²) in [4.78, 5) is 34.3. The quantitative estimate of drug-likeness (QED) is 0.456. The third-order valence-electron chi connectivity index (χ3n) is 6.98. The molecule has 1 aliphatic rings. The lowest BCUT2D eigenvalue weighted by Gasteiger charge is -2.32. The fourth-order valence-electron chi connectivity index (χ4n) is 5.09. The van der Waals surface area contributed by atoms with Crippen molar-refractivity contribution in [2.24, 2.45) is 5.92 Å². The predicted molar refractivity (Wildman–Crippen MR) is 134 cm³/mol. The Balaban J connectivity index is 1.90. The number of carbonyl (C=O) groups is 1. The predicted octanol–water partition coefficient (Wildman–Crippen LogP) is 5.88. The first kappa shape index (κ1) is 23.2. The van der Waals surface area contributed by atoms with Gasteiger partial charge in [-0.1, -0.05) is 56.0 Å². The number of carbonyl (C=O) groups excluding carboxylic acids is 1. The van der Waals surface area contributed by atoms with E-state index in [0.717, 1.165) is 55.3 Å². The van der Waals surface area contributed by atoms with Crippen molar-refractivity contribution in [2.45, 2.75) is 72.3 Å². The fraction of sp³-hybridized carbons (Fsp3) is 0.464. The molecule has 5 heteroatoms. The Morgan fingerprint density at radius 2 is 1.88 bits per heavy atom. The Hall–Kier alpha value is -2.95. The minimum atomic E-state index is -0.303. The van der Waals surface area contributed by atoms with Gasteiger partial charge in [0.2, 0.25) is 5.91 Å². The highest BCUT2D eigenvalue weighted by molar-refractivity contribution is 5.80. The maximum absolute atomic E-state index is 13.8. The first-order chi connectivity index (χ1) is 15.9. The lowest BCUT2D eigenvalue weighted by atomic mass is 10.0. The molecule has 0 spiro atoms. The first-order valence-corrected chi connectivity index (χ1v) is 12.3. The topological polar surface area (TPSA) is 55.2 Å². The summed E-state index contributed by atoms with van der Waals surface area (Å²) >= 11 is 0. The van der Waals surface area contributed by atoms with E-state index in [4.69, 9.17) is 4.98 Å². The number of nitrogens with zero attached hydrogens (tertiary/aromatic N) is 3. The summed E-state index contributed by atoms with van der Waals surface area (Å²) in [5.41, 5.74) is 3.58. The highest BCUT2D eigenvalue weighted by Crippen LogP contribution is 2.31. The van der Waals surface area contributed by atoms with Gasteiger partial charge in [0.05, 0.1) is 22.6 Å². The summed E-state index contributed by atoms with van der Waals surface area (Å²) in [6.07, 6.45) is 6.11. The van der Waals surface area contributed by atoms with Crippen molar-refractivity contribution in [3.63, 3.8) is 0 Å². The third-order valence-corrected chi connectivity index (χ3v) is 6.98. The molecule has 5 nitrogen and oxygen atoms in total.